The summed E-state index contributed by atoms with van der Waals surface area (Å²) in [5.41, 5.74) is 2.44. The molecule has 0 fully saturated rings. The van der Waals surface area contributed by atoms with Gasteiger partial charge in [0.15, 0.2) is 0 Å². The van der Waals surface area contributed by atoms with Crippen LogP contribution in [-0.4, -0.2) is 13.2 Å². The molecule has 0 aliphatic heterocycles. The van der Waals surface area contributed by atoms with Gasteiger partial charge in [0.25, 0.3) is 0 Å². The molecule has 1 rings (SSSR count). The van der Waals surface area contributed by atoms with Crippen molar-refractivity contribution < 1.29 is 4.74 Å². The molecule has 0 aromatic heterocycles. The Kier molecular flexibility index (Phi) is 5.56. The van der Waals surface area contributed by atoms with Crippen LogP contribution in [0.15, 0.2) is 29.3 Å². The van der Waals surface area contributed by atoms with Gasteiger partial charge < -0.3 is 10.1 Å². The first kappa shape index (κ1) is 13.3. The van der Waals surface area contributed by atoms with Gasteiger partial charge in [-0.2, -0.15) is 0 Å². The van der Waals surface area contributed by atoms with Crippen LogP contribution in [0.1, 0.15) is 18.1 Å². The van der Waals surface area contributed by atoms with Crippen molar-refractivity contribution in [2.75, 3.05) is 13.2 Å². The number of rotatable bonds is 6. The van der Waals surface area contributed by atoms with Crippen molar-refractivity contribution in [2.24, 2.45) is 0 Å². The molecule has 0 unspecified atom stereocenters. The molecule has 0 aliphatic rings. The zero-order chi connectivity index (χ0) is 12.0. The quantitative estimate of drug-likeness (QED) is 0.864. The molecule has 0 saturated carbocycles. The Balaban J connectivity index is 2.76. The molecule has 0 bridgehead atoms. The summed E-state index contributed by atoms with van der Waals surface area (Å²) in [6.45, 7) is 10.2. The lowest BCUT2D eigenvalue weighted by Gasteiger charge is -2.12. The number of ether oxygens (including phenoxy) is 1. The lowest BCUT2D eigenvalue weighted by molar-refractivity contribution is 0.355. The second-order valence-corrected chi connectivity index (χ2v) is 4.82. The Morgan fingerprint density at radius 1 is 1.50 bits per heavy atom. The summed E-state index contributed by atoms with van der Waals surface area (Å²) in [7, 11) is 0. The molecule has 16 heavy (non-hydrogen) atoms. The minimum Gasteiger partial charge on any atom is -0.488 e. The van der Waals surface area contributed by atoms with E-state index >= 15 is 0 Å². The third-order valence-corrected chi connectivity index (χ3v) is 2.39. The minimum atomic E-state index is 0.502. The highest BCUT2D eigenvalue weighted by molar-refractivity contribution is 9.11. The van der Waals surface area contributed by atoms with Crippen LogP contribution in [0.25, 0.3) is 0 Å². The van der Waals surface area contributed by atoms with Crippen molar-refractivity contribution in [1.82, 2.24) is 5.32 Å². The molecule has 3 heteroatoms. The van der Waals surface area contributed by atoms with Gasteiger partial charge in [0.1, 0.15) is 12.4 Å². The number of benzene rings is 1. The molecule has 0 saturated heterocycles. The van der Waals surface area contributed by atoms with Crippen molar-refractivity contribution in [3.8, 4) is 5.75 Å². The Morgan fingerprint density at radius 3 is 2.88 bits per heavy atom. The number of nitrogens with one attached hydrogen (secondary N) is 1. The summed E-state index contributed by atoms with van der Waals surface area (Å²) < 4.78 is 6.51. The largest absolute Gasteiger partial charge is 0.488 e. The lowest BCUT2D eigenvalue weighted by atomic mass is 10.1. The maximum Gasteiger partial charge on any atom is 0.124 e. The molecule has 0 radical (unpaired) electrons. The highest BCUT2D eigenvalue weighted by Gasteiger charge is 2.03. The SMILES string of the molecule is C=C(Br)COc1ccc(C)cc1CNCC. The van der Waals surface area contributed by atoms with E-state index in [2.05, 4.69) is 53.8 Å². The van der Waals surface area contributed by atoms with Crippen LogP contribution < -0.4 is 10.1 Å². The molecule has 0 heterocycles. The van der Waals surface area contributed by atoms with Gasteiger partial charge >= 0.3 is 0 Å². The van der Waals surface area contributed by atoms with E-state index in [9.17, 15) is 0 Å². The molecular weight excluding hydrogens is 266 g/mol. The van der Waals surface area contributed by atoms with Gasteiger partial charge in [0.2, 0.25) is 0 Å². The molecule has 88 valence electrons. The number of aryl methyl sites for hydroxylation is 1. The standard InChI is InChI=1S/C13H18BrNO/c1-4-15-8-12-7-10(2)5-6-13(12)16-9-11(3)14/h5-7,15H,3-4,8-9H2,1-2H3. The van der Waals surface area contributed by atoms with E-state index in [4.69, 9.17) is 4.74 Å². The normalized spacial score (nSPS) is 10.2. The average Bonchev–Trinajstić information content (AvgIpc) is 2.24. The van der Waals surface area contributed by atoms with E-state index in [1.165, 1.54) is 11.1 Å². The summed E-state index contributed by atoms with van der Waals surface area (Å²) in [5, 5.41) is 3.31. The summed E-state index contributed by atoms with van der Waals surface area (Å²) in [4.78, 5) is 0. The topological polar surface area (TPSA) is 21.3 Å². The van der Waals surface area contributed by atoms with E-state index in [1.807, 2.05) is 6.07 Å². The van der Waals surface area contributed by atoms with Crippen molar-refractivity contribution in [3.63, 3.8) is 0 Å². The minimum absolute atomic E-state index is 0.502. The lowest BCUT2D eigenvalue weighted by Crippen LogP contribution is -2.13. The molecule has 1 N–H and O–H groups in total. The van der Waals surface area contributed by atoms with Gasteiger partial charge in [-0.15, -0.1) is 0 Å². The summed E-state index contributed by atoms with van der Waals surface area (Å²) in [6, 6.07) is 6.22. The van der Waals surface area contributed by atoms with Crippen LogP contribution in [0.3, 0.4) is 0 Å². The van der Waals surface area contributed by atoms with E-state index in [-0.39, 0.29) is 0 Å². The van der Waals surface area contributed by atoms with Crippen LogP contribution in [-0.2, 0) is 6.54 Å². The van der Waals surface area contributed by atoms with Gasteiger partial charge in [0.05, 0.1) is 0 Å². The number of halogens is 1. The van der Waals surface area contributed by atoms with E-state index in [0.717, 1.165) is 23.3 Å². The summed E-state index contributed by atoms with van der Waals surface area (Å²) in [6.07, 6.45) is 0. The first-order valence-corrected chi connectivity index (χ1v) is 6.19. The average molecular weight is 284 g/mol. The molecule has 1 aromatic rings. The Labute approximate surface area is 106 Å². The predicted molar refractivity (Wildman–Crippen MR) is 72.1 cm³/mol. The Hall–Kier alpha value is -0.800. The fourth-order valence-electron chi connectivity index (χ4n) is 1.40. The number of hydrogen-bond acceptors (Lipinski definition) is 2. The molecule has 0 spiro atoms. The van der Waals surface area contributed by atoms with Crippen LogP contribution in [0.4, 0.5) is 0 Å². The molecule has 0 aliphatic carbocycles. The monoisotopic (exact) mass is 283 g/mol. The Bertz CT molecular complexity index is 363. The zero-order valence-electron chi connectivity index (χ0n) is 9.85. The van der Waals surface area contributed by atoms with Crippen LogP contribution >= 0.6 is 15.9 Å². The molecule has 2 nitrogen and oxygen atoms in total. The second kappa shape index (κ2) is 6.71. The first-order chi connectivity index (χ1) is 7.63. The zero-order valence-corrected chi connectivity index (χ0v) is 11.4. The molecule has 0 atom stereocenters. The second-order valence-electron chi connectivity index (χ2n) is 3.70. The van der Waals surface area contributed by atoms with E-state index in [1.54, 1.807) is 0 Å². The van der Waals surface area contributed by atoms with E-state index in [0.29, 0.717) is 6.61 Å². The molecule has 0 amide bonds. The van der Waals surface area contributed by atoms with Gasteiger partial charge in [-0.1, -0.05) is 47.1 Å². The summed E-state index contributed by atoms with van der Waals surface area (Å²) in [5.74, 6) is 0.923. The van der Waals surface area contributed by atoms with Crippen molar-refractivity contribution >= 4 is 15.9 Å². The van der Waals surface area contributed by atoms with Crippen molar-refractivity contribution in [2.45, 2.75) is 20.4 Å². The highest BCUT2D eigenvalue weighted by atomic mass is 79.9. The maximum absolute atomic E-state index is 5.66. The third kappa shape index (κ3) is 4.37. The Morgan fingerprint density at radius 2 is 2.25 bits per heavy atom. The van der Waals surface area contributed by atoms with Gasteiger partial charge in [-0.3, -0.25) is 0 Å². The van der Waals surface area contributed by atoms with Gasteiger partial charge in [-0.25, -0.2) is 0 Å². The predicted octanol–water partition coefficient (Wildman–Crippen LogP) is 3.39. The smallest absolute Gasteiger partial charge is 0.124 e. The van der Waals surface area contributed by atoms with Crippen molar-refractivity contribution in [3.05, 3.63) is 40.4 Å². The highest BCUT2D eigenvalue weighted by Crippen LogP contribution is 2.21. The van der Waals surface area contributed by atoms with Crippen LogP contribution in [0, 0.1) is 6.92 Å². The van der Waals surface area contributed by atoms with Gasteiger partial charge in [-0.05, 0) is 19.5 Å². The number of hydrogen-bond donors (Lipinski definition) is 1. The van der Waals surface area contributed by atoms with E-state index < -0.39 is 0 Å². The van der Waals surface area contributed by atoms with Crippen molar-refractivity contribution in [1.29, 1.82) is 0 Å². The molecule has 1 aromatic carbocycles. The maximum atomic E-state index is 5.66. The van der Waals surface area contributed by atoms with Crippen LogP contribution in [0.2, 0.25) is 0 Å². The fraction of sp³-hybridized carbons (Fsp3) is 0.385. The fourth-order valence-corrected chi connectivity index (χ4v) is 1.52. The third-order valence-electron chi connectivity index (χ3n) is 2.17. The van der Waals surface area contributed by atoms with Gasteiger partial charge in [0, 0.05) is 16.6 Å². The first-order valence-electron chi connectivity index (χ1n) is 5.39. The van der Waals surface area contributed by atoms with Crippen LogP contribution in [0.5, 0.6) is 5.75 Å². The molecular formula is C13H18BrNO. The summed E-state index contributed by atoms with van der Waals surface area (Å²) >= 11 is 3.29.